The van der Waals surface area contributed by atoms with Crippen LogP contribution in [0.5, 0.6) is 0 Å². The zero-order valence-electron chi connectivity index (χ0n) is 7.39. The molecule has 74 valence electrons. The number of ether oxygens (including phenoxy) is 1. The third-order valence-electron chi connectivity index (χ3n) is 1.20. The highest BCUT2D eigenvalue weighted by Crippen LogP contribution is 2.21. The Bertz CT molecular complexity index is 242. The average molecular weight is 220 g/mol. The fourth-order valence-corrected chi connectivity index (χ4v) is 2.43. The van der Waals surface area contributed by atoms with E-state index in [2.05, 4.69) is 10.2 Å². The van der Waals surface area contributed by atoms with Gasteiger partial charge in [0.2, 0.25) is 0 Å². The zero-order chi connectivity index (χ0) is 9.52. The first kappa shape index (κ1) is 10.9. The topological polar surface area (TPSA) is 55.2 Å². The van der Waals surface area contributed by atoms with Gasteiger partial charge >= 0.3 is 0 Å². The van der Waals surface area contributed by atoms with Crippen LogP contribution >= 0.6 is 23.1 Å². The van der Waals surface area contributed by atoms with Crippen molar-refractivity contribution >= 4 is 23.1 Å². The molecule has 1 aromatic rings. The fraction of sp³-hybridized carbons (Fsp3) is 0.714. The molecule has 0 atom stereocenters. The smallest absolute Gasteiger partial charge is 0.174 e. The molecule has 1 N–H and O–H groups in total. The fourth-order valence-electron chi connectivity index (χ4n) is 0.691. The lowest BCUT2D eigenvalue weighted by Gasteiger charge is -1.98. The lowest BCUT2D eigenvalue weighted by atomic mass is 10.7. The van der Waals surface area contributed by atoms with E-state index in [1.807, 2.05) is 6.92 Å². The molecule has 1 heterocycles. The van der Waals surface area contributed by atoms with Crippen molar-refractivity contribution in [1.82, 2.24) is 10.2 Å². The van der Waals surface area contributed by atoms with Gasteiger partial charge in [0, 0.05) is 5.75 Å². The Hall–Kier alpha value is -0.170. The largest absolute Gasteiger partial charge is 0.394 e. The Labute approximate surface area is 85.3 Å². The van der Waals surface area contributed by atoms with Crippen LogP contribution in [0.3, 0.4) is 0 Å². The van der Waals surface area contributed by atoms with E-state index in [4.69, 9.17) is 9.84 Å². The van der Waals surface area contributed by atoms with Crippen molar-refractivity contribution in [2.24, 2.45) is 0 Å². The molecule has 1 aromatic heterocycles. The molecule has 0 aliphatic heterocycles. The molecule has 4 nitrogen and oxygen atoms in total. The van der Waals surface area contributed by atoms with E-state index in [-0.39, 0.29) is 6.61 Å². The van der Waals surface area contributed by atoms with Crippen molar-refractivity contribution in [3.8, 4) is 0 Å². The first-order chi connectivity index (χ1) is 6.33. The van der Waals surface area contributed by atoms with Gasteiger partial charge in [0.1, 0.15) is 5.01 Å². The highest BCUT2D eigenvalue weighted by molar-refractivity contribution is 8.01. The second-order valence-corrected chi connectivity index (χ2v) is 4.80. The van der Waals surface area contributed by atoms with Crippen LogP contribution in [-0.4, -0.2) is 40.9 Å². The molecule has 0 fully saturated rings. The maximum Gasteiger partial charge on any atom is 0.174 e. The monoisotopic (exact) mass is 220 g/mol. The van der Waals surface area contributed by atoms with Gasteiger partial charge in [0.05, 0.1) is 19.8 Å². The third-order valence-corrected chi connectivity index (χ3v) is 3.13. The van der Waals surface area contributed by atoms with E-state index >= 15 is 0 Å². The summed E-state index contributed by atoms with van der Waals surface area (Å²) in [5.74, 6) is 0.856. The van der Waals surface area contributed by atoms with Crippen molar-refractivity contribution in [3.63, 3.8) is 0 Å². The molecule has 0 radical (unpaired) electrons. The molecule has 0 amide bonds. The molecule has 1 rings (SSSR count). The summed E-state index contributed by atoms with van der Waals surface area (Å²) >= 11 is 3.22. The number of thioether (sulfide) groups is 1. The minimum absolute atomic E-state index is 0.0859. The summed E-state index contributed by atoms with van der Waals surface area (Å²) < 4.78 is 6.07. The van der Waals surface area contributed by atoms with Crippen LogP contribution < -0.4 is 0 Å². The van der Waals surface area contributed by atoms with Gasteiger partial charge in [-0.1, -0.05) is 23.1 Å². The summed E-state index contributed by atoms with van der Waals surface area (Å²) in [6.07, 6.45) is 0. The Morgan fingerprint density at radius 2 is 2.31 bits per heavy atom. The van der Waals surface area contributed by atoms with E-state index in [0.717, 1.165) is 15.1 Å². The van der Waals surface area contributed by atoms with Gasteiger partial charge < -0.3 is 9.84 Å². The van der Waals surface area contributed by atoms with E-state index in [1.165, 1.54) is 0 Å². The standard InChI is InChI=1S/C7H12N2O2S2/c1-6-8-9-7(13-6)12-5-4-11-3-2-10/h10H,2-5H2,1H3. The van der Waals surface area contributed by atoms with E-state index in [9.17, 15) is 0 Å². The van der Waals surface area contributed by atoms with Gasteiger partial charge in [0.15, 0.2) is 4.34 Å². The Morgan fingerprint density at radius 3 is 2.92 bits per heavy atom. The molecule has 0 aliphatic rings. The van der Waals surface area contributed by atoms with Crippen LogP contribution in [0.2, 0.25) is 0 Å². The predicted molar refractivity (Wildman–Crippen MR) is 53.3 cm³/mol. The van der Waals surface area contributed by atoms with Crippen LogP contribution in [0.25, 0.3) is 0 Å². The Morgan fingerprint density at radius 1 is 1.46 bits per heavy atom. The van der Waals surface area contributed by atoms with Crippen LogP contribution in [0, 0.1) is 6.92 Å². The van der Waals surface area contributed by atoms with Crippen LogP contribution in [0.1, 0.15) is 5.01 Å². The van der Waals surface area contributed by atoms with E-state index in [1.54, 1.807) is 23.1 Å². The third kappa shape index (κ3) is 4.56. The van der Waals surface area contributed by atoms with Crippen LogP contribution in [0.15, 0.2) is 4.34 Å². The van der Waals surface area contributed by atoms with Gasteiger partial charge in [0.25, 0.3) is 0 Å². The maximum atomic E-state index is 8.43. The molecule has 0 unspecified atom stereocenters. The number of nitrogens with zero attached hydrogens (tertiary/aromatic N) is 2. The van der Waals surface area contributed by atoms with Gasteiger partial charge in [-0.2, -0.15) is 0 Å². The quantitative estimate of drug-likeness (QED) is 0.571. The van der Waals surface area contributed by atoms with Crippen LogP contribution in [-0.2, 0) is 4.74 Å². The number of hydrogen-bond donors (Lipinski definition) is 1. The van der Waals surface area contributed by atoms with E-state index < -0.39 is 0 Å². The molecule has 0 spiro atoms. The number of aliphatic hydroxyl groups excluding tert-OH is 1. The summed E-state index contributed by atoms with van der Waals surface area (Å²) in [6.45, 7) is 3.08. The molecular weight excluding hydrogens is 208 g/mol. The first-order valence-electron chi connectivity index (χ1n) is 3.94. The minimum atomic E-state index is 0.0859. The maximum absolute atomic E-state index is 8.43. The highest BCUT2D eigenvalue weighted by atomic mass is 32.2. The van der Waals surface area contributed by atoms with Crippen molar-refractivity contribution in [2.75, 3.05) is 25.6 Å². The van der Waals surface area contributed by atoms with Gasteiger partial charge in [-0.05, 0) is 6.92 Å². The summed E-state index contributed by atoms with van der Waals surface area (Å²) in [5.41, 5.74) is 0. The highest BCUT2D eigenvalue weighted by Gasteiger charge is 1.99. The second kappa shape index (κ2) is 6.31. The molecule has 6 heteroatoms. The van der Waals surface area contributed by atoms with Crippen LogP contribution in [0.4, 0.5) is 0 Å². The predicted octanol–water partition coefficient (Wildman–Crippen LogP) is 0.948. The molecule has 0 saturated carbocycles. The first-order valence-corrected chi connectivity index (χ1v) is 5.74. The zero-order valence-corrected chi connectivity index (χ0v) is 9.03. The summed E-state index contributed by atoms with van der Waals surface area (Å²) in [4.78, 5) is 0. The van der Waals surface area contributed by atoms with Crippen molar-refractivity contribution in [3.05, 3.63) is 5.01 Å². The number of aryl methyl sites for hydroxylation is 1. The molecule has 0 saturated heterocycles. The minimum Gasteiger partial charge on any atom is -0.394 e. The summed E-state index contributed by atoms with van der Waals surface area (Å²) in [7, 11) is 0. The number of hydrogen-bond acceptors (Lipinski definition) is 6. The normalized spacial score (nSPS) is 10.6. The average Bonchev–Trinajstić information content (AvgIpc) is 2.51. The van der Waals surface area contributed by atoms with Gasteiger partial charge in [-0.15, -0.1) is 10.2 Å². The number of aliphatic hydroxyl groups is 1. The lowest BCUT2D eigenvalue weighted by Crippen LogP contribution is -2.02. The Balaban J connectivity index is 2.06. The van der Waals surface area contributed by atoms with Crippen molar-refractivity contribution < 1.29 is 9.84 Å². The Kier molecular flexibility index (Phi) is 5.29. The van der Waals surface area contributed by atoms with Gasteiger partial charge in [-0.25, -0.2) is 0 Å². The van der Waals surface area contributed by atoms with Crippen molar-refractivity contribution in [2.45, 2.75) is 11.3 Å². The summed E-state index contributed by atoms with van der Waals surface area (Å²) in [6, 6.07) is 0. The van der Waals surface area contributed by atoms with Crippen molar-refractivity contribution in [1.29, 1.82) is 0 Å². The molecular formula is C7H12N2O2S2. The summed E-state index contributed by atoms with van der Waals surface area (Å²) in [5, 5.41) is 17.3. The molecule has 0 bridgehead atoms. The SMILES string of the molecule is Cc1nnc(SCCOCCO)s1. The molecule has 0 aromatic carbocycles. The number of rotatable bonds is 6. The molecule has 0 aliphatic carbocycles. The molecule has 13 heavy (non-hydrogen) atoms. The second-order valence-electron chi connectivity index (χ2n) is 2.27. The lowest BCUT2D eigenvalue weighted by molar-refractivity contribution is 0.103. The van der Waals surface area contributed by atoms with E-state index in [0.29, 0.717) is 13.2 Å². The number of aromatic nitrogens is 2. The van der Waals surface area contributed by atoms with Gasteiger partial charge in [-0.3, -0.25) is 0 Å².